The molecule has 0 aromatic heterocycles. The van der Waals surface area contributed by atoms with Crippen LogP contribution >= 0.6 is 12.6 Å². The number of benzene rings is 1. The van der Waals surface area contributed by atoms with Crippen LogP contribution in [0.25, 0.3) is 6.08 Å². The zero-order chi connectivity index (χ0) is 10.6. The fourth-order valence-electron chi connectivity index (χ4n) is 0.951. The highest BCUT2D eigenvalue weighted by Gasteiger charge is 2.01. The summed E-state index contributed by atoms with van der Waals surface area (Å²) < 4.78 is 5.00. The van der Waals surface area contributed by atoms with Gasteiger partial charge in [0.15, 0.2) is 0 Å². The van der Waals surface area contributed by atoms with Crippen molar-refractivity contribution in [3.8, 4) is 5.75 Å². The first kappa shape index (κ1) is 10.7. The Morgan fingerprint density at radius 2 is 2.29 bits per heavy atom. The molecule has 1 rings (SSSR count). The molecule has 1 aromatic rings. The molecule has 0 bridgehead atoms. The topological polar surface area (TPSA) is 46.5 Å². The Balaban J connectivity index is 2.97. The minimum Gasteiger partial charge on any atom is -0.497 e. The Morgan fingerprint density at radius 1 is 1.57 bits per heavy atom. The molecule has 0 heterocycles. The van der Waals surface area contributed by atoms with Crippen LogP contribution in [-0.4, -0.2) is 18.2 Å². The molecule has 0 aliphatic carbocycles. The number of carboxylic acid groups (broad SMARTS) is 1. The summed E-state index contributed by atoms with van der Waals surface area (Å²) >= 11 is 3.82. The van der Waals surface area contributed by atoms with E-state index in [1.54, 1.807) is 31.4 Å². The molecular formula is C10H10O3S. The van der Waals surface area contributed by atoms with Crippen molar-refractivity contribution >= 4 is 24.7 Å². The monoisotopic (exact) mass is 210 g/mol. The second-order valence-corrected chi connectivity index (χ2v) is 3.09. The molecule has 0 amide bonds. The third kappa shape index (κ3) is 2.81. The summed E-state index contributed by atoms with van der Waals surface area (Å²) in [6, 6.07) is 7.09. The van der Waals surface area contributed by atoms with Crippen LogP contribution in [0.15, 0.2) is 29.2 Å². The van der Waals surface area contributed by atoms with Crippen LogP contribution in [-0.2, 0) is 4.79 Å². The van der Waals surface area contributed by atoms with Gasteiger partial charge in [-0.1, -0.05) is 12.1 Å². The number of aliphatic carboxylic acids is 1. The normalized spacial score (nSPS) is 11.1. The first-order valence-electron chi connectivity index (χ1n) is 3.91. The number of ether oxygens (including phenoxy) is 1. The zero-order valence-electron chi connectivity index (χ0n) is 7.60. The molecule has 0 saturated carbocycles. The summed E-state index contributed by atoms with van der Waals surface area (Å²) in [6.45, 7) is 0. The summed E-state index contributed by atoms with van der Waals surface area (Å²) in [5.41, 5.74) is 0.747. The highest BCUT2D eigenvalue weighted by Crippen LogP contribution is 2.16. The van der Waals surface area contributed by atoms with E-state index in [-0.39, 0.29) is 4.91 Å². The first-order valence-corrected chi connectivity index (χ1v) is 4.36. The number of hydrogen-bond donors (Lipinski definition) is 2. The molecule has 1 N–H and O–H groups in total. The largest absolute Gasteiger partial charge is 0.497 e. The maximum atomic E-state index is 10.5. The molecule has 4 heteroatoms. The average Bonchev–Trinajstić information content (AvgIpc) is 2.18. The van der Waals surface area contributed by atoms with Crippen LogP contribution in [0.4, 0.5) is 0 Å². The van der Waals surface area contributed by atoms with Crippen molar-refractivity contribution < 1.29 is 14.6 Å². The second-order valence-electron chi connectivity index (χ2n) is 2.61. The summed E-state index contributed by atoms with van der Waals surface area (Å²) in [5.74, 6) is -0.360. The highest BCUT2D eigenvalue weighted by molar-refractivity contribution is 7.85. The molecule has 3 nitrogen and oxygen atoms in total. The van der Waals surface area contributed by atoms with Crippen molar-refractivity contribution in [1.29, 1.82) is 0 Å². The lowest BCUT2D eigenvalue weighted by Gasteiger charge is -2.00. The molecule has 0 saturated heterocycles. The predicted octanol–water partition coefficient (Wildman–Crippen LogP) is 2.05. The van der Waals surface area contributed by atoms with Gasteiger partial charge in [-0.2, -0.15) is 0 Å². The lowest BCUT2D eigenvalue weighted by Crippen LogP contribution is -1.93. The summed E-state index contributed by atoms with van der Waals surface area (Å²) in [4.78, 5) is 10.5. The van der Waals surface area contributed by atoms with Gasteiger partial charge in [0.1, 0.15) is 5.75 Å². The van der Waals surface area contributed by atoms with Crippen molar-refractivity contribution in [3.05, 3.63) is 34.7 Å². The minimum atomic E-state index is -1.05. The summed E-state index contributed by atoms with van der Waals surface area (Å²) in [7, 11) is 1.56. The van der Waals surface area contributed by atoms with Gasteiger partial charge in [-0.15, -0.1) is 12.6 Å². The average molecular weight is 210 g/mol. The van der Waals surface area contributed by atoms with Crippen molar-refractivity contribution in [3.63, 3.8) is 0 Å². The SMILES string of the molecule is COc1cccc(C=C(S)C(=O)O)c1. The molecular weight excluding hydrogens is 200 g/mol. The number of carboxylic acids is 1. The van der Waals surface area contributed by atoms with Gasteiger partial charge in [-0.25, -0.2) is 4.79 Å². The van der Waals surface area contributed by atoms with Crippen LogP contribution in [0.1, 0.15) is 5.56 Å². The van der Waals surface area contributed by atoms with E-state index >= 15 is 0 Å². The van der Waals surface area contributed by atoms with E-state index in [9.17, 15) is 4.79 Å². The number of rotatable bonds is 3. The van der Waals surface area contributed by atoms with E-state index in [1.807, 2.05) is 0 Å². The Labute approximate surface area is 87.4 Å². The van der Waals surface area contributed by atoms with Gasteiger partial charge in [0, 0.05) is 0 Å². The van der Waals surface area contributed by atoms with Crippen LogP contribution in [0.5, 0.6) is 5.75 Å². The molecule has 0 unspecified atom stereocenters. The summed E-state index contributed by atoms with van der Waals surface area (Å²) in [6.07, 6.45) is 1.47. The Kier molecular flexibility index (Phi) is 3.59. The number of thiol groups is 1. The van der Waals surface area contributed by atoms with E-state index in [0.29, 0.717) is 5.75 Å². The van der Waals surface area contributed by atoms with E-state index in [1.165, 1.54) is 6.08 Å². The maximum absolute atomic E-state index is 10.5. The molecule has 1 aromatic carbocycles. The molecule has 74 valence electrons. The Hall–Kier alpha value is -1.42. The van der Waals surface area contributed by atoms with Gasteiger partial charge < -0.3 is 9.84 Å². The zero-order valence-corrected chi connectivity index (χ0v) is 8.49. The molecule has 0 atom stereocenters. The number of methoxy groups -OCH3 is 1. The molecule has 0 fully saturated rings. The van der Waals surface area contributed by atoms with Gasteiger partial charge in [0.2, 0.25) is 0 Å². The van der Waals surface area contributed by atoms with Crippen LogP contribution in [0.3, 0.4) is 0 Å². The Bertz CT molecular complexity index is 371. The van der Waals surface area contributed by atoms with Gasteiger partial charge in [-0.05, 0) is 23.8 Å². The van der Waals surface area contributed by atoms with E-state index in [2.05, 4.69) is 12.6 Å². The van der Waals surface area contributed by atoms with Crippen LogP contribution < -0.4 is 4.74 Å². The van der Waals surface area contributed by atoms with Crippen LogP contribution in [0.2, 0.25) is 0 Å². The van der Waals surface area contributed by atoms with Gasteiger partial charge in [0.25, 0.3) is 0 Å². The van der Waals surface area contributed by atoms with Gasteiger partial charge >= 0.3 is 5.97 Å². The first-order chi connectivity index (χ1) is 6.63. The van der Waals surface area contributed by atoms with Crippen molar-refractivity contribution in [1.82, 2.24) is 0 Å². The molecule has 0 aliphatic heterocycles. The molecule has 0 spiro atoms. The summed E-state index contributed by atoms with van der Waals surface area (Å²) in [5, 5.41) is 8.59. The smallest absolute Gasteiger partial charge is 0.341 e. The minimum absolute atomic E-state index is 0.00162. The van der Waals surface area contributed by atoms with Crippen molar-refractivity contribution in [2.75, 3.05) is 7.11 Å². The fourth-order valence-corrected chi connectivity index (χ4v) is 1.10. The highest BCUT2D eigenvalue weighted by atomic mass is 32.1. The molecule has 0 radical (unpaired) electrons. The Morgan fingerprint density at radius 3 is 2.86 bits per heavy atom. The lowest BCUT2D eigenvalue weighted by atomic mass is 10.2. The quantitative estimate of drug-likeness (QED) is 0.593. The van der Waals surface area contributed by atoms with Gasteiger partial charge in [-0.3, -0.25) is 0 Å². The van der Waals surface area contributed by atoms with Gasteiger partial charge in [0.05, 0.1) is 12.0 Å². The standard InChI is InChI=1S/C10H10O3S/c1-13-8-4-2-3-7(5-8)6-9(14)10(11)12/h2-6,14H,1H3,(H,11,12). The van der Waals surface area contributed by atoms with Crippen LogP contribution in [0, 0.1) is 0 Å². The van der Waals surface area contributed by atoms with E-state index in [4.69, 9.17) is 9.84 Å². The second kappa shape index (κ2) is 4.72. The molecule has 0 aliphatic rings. The number of carbonyl (C=O) groups is 1. The molecule has 14 heavy (non-hydrogen) atoms. The van der Waals surface area contributed by atoms with E-state index in [0.717, 1.165) is 5.56 Å². The van der Waals surface area contributed by atoms with Crippen molar-refractivity contribution in [2.24, 2.45) is 0 Å². The third-order valence-corrected chi connectivity index (χ3v) is 1.94. The van der Waals surface area contributed by atoms with E-state index < -0.39 is 5.97 Å². The number of hydrogen-bond acceptors (Lipinski definition) is 3. The fraction of sp³-hybridized carbons (Fsp3) is 0.100. The van der Waals surface area contributed by atoms with Crippen molar-refractivity contribution in [2.45, 2.75) is 0 Å². The third-order valence-electron chi connectivity index (χ3n) is 1.62. The lowest BCUT2D eigenvalue weighted by molar-refractivity contribution is -0.131. The maximum Gasteiger partial charge on any atom is 0.341 e. The predicted molar refractivity (Wildman–Crippen MR) is 57.6 cm³/mol.